The van der Waals surface area contributed by atoms with E-state index in [9.17, 15) is 9.90 Å². The first kappa shape index (κ1) is 18.3. The summed E-state index contributed by atoms with van der Waals surface area (Å²) in [6.45, 7) is 9.08. The Hall–Kier alpha value is -2.07. The molecule has 1 unspecified atom stereocenters. The minimum absolute atomic E-state index is 0.0533. The number of rotatable bonds is 8. The van der Waals surface area contributed by atoms with E-state index in [1.54, 1.807) is 12.3 Å². The number of unbranched alkanes of at least 4 members (excludes halogenated alkanes) is 1. The largest absolute Gasteiger partial charge is 0.503 e. The average molecular weight is 328 g/mol. The third-order valence-electron chi connectivity index (χ3n) is 4.50. The normalized spacial score (nSPS) is 12.5. The van der Waals surface area contributed by atoms with Crippen LogP contribution in [0.15, 0.2) is 47.4 Å². The zero-order valence-electron chi connectivity index (χ0n) is 14.9. The lowest BCUT2D eigenvalue weighted by atomic mass is 10.1. The van der Waals surface area contributed by atoms with E-state index in [4.69, 9.17) is 0 Å². The van der Waals surface area contributed by atoms with Gasteiger partial charge in [0, 0.05) is 18.3 Å². The lowest BCUT2D eigenvalue weighted by Crippen LogP contribution is -2.28. The highest BCUT2D eigenvalue weighted by Crippen LogP contribution is 2.21. The van der Waals surface area contributed by atoms with Crippen molar-refractivity contribution < 1.29 is 5.11 Å². The van der Waals surface area contributed by atoms with Crippen LogP contribution in [0.2, 0.25) is 0 Å². The third-order valence-corrected chi connectivity index (χ3v) is 4.50. The Morgan fingerprint density at radius 3 is 2.54 bits per heavy atom. The summed E-state index contributed by atoms with van der Waals surface area (Å²) in [5, 5.41) is 9.91. The Morgan fingerprint density at radius 1 is 1.21 bits per heavy atom. The fourth-order valence-corrected chi connectivity index (χ4v) is 2.92. The summed E-state index contributed by atoms with van der Waals surface area (Å²) < 4.78 is 2.01. The van der Waals surface area contributed by atoms with E-state index in [1.807, 2.05) is 22.8 Å². The maximum atomic E-state index is 12.0. The summed E-state index contributed by atoms with van der Waals surface area (Å²) in [5.41, 5.74) is 1.78. The molecule has 0 bridgehead atoms. The molecule has 4 heteroatoms. The van der Waals surface area contributed by atoms with E-state index >= 15 is 0 Å². The van der Waals surface area contributed by atoms with E-state index in [2.05, 4.69) is 37.8 Å². The molecule has 0 spiro atoms. The summed E-state index contributed by atoms with van der Waals surface area (Å²) in [4.78, 5) is 14.3. The van der Waals surface area contributed by atoms with Crippen LogP contribution in [0.1, 0.15) is 50.9 Å². The molecule has 0 aliphatic rings. The van der Waals surface area contributed by atoms with Gasteiger partial charge in [-0.25, -0.2) is 0 Å². The Bertz CT molecular complexity index is 695. The molecule has 0 radical (unpaired) electrons. The fourth-order valence-electron chi connectivity index (χ4n) is 2.92. The monoisotopic (exact) mass is 328 g/mol. The maximum Gasteiger partial charge on any atom is 0.223 e. The van der Waals surface area contributed by atoms with Gasteiger partial charge in [-0.3, -0.25) is 9.69 Å². The maximum absolute atomic E-state index is 12.0. The van der Waals surface area contributed by atoms with Crippen LogP contribution in [0.3, 0.4) is 0 Å². The average Bonchev–Trinajstić information content (AvgIpc) is 2.61. The predicted molar refractivity (Wildman–Crippen MR) is 98.5 cm³/mol. The zero-order chi connectivity index (χ0) is 17.5. The number of nitrogens with zero attached hydrogens (tertiary/aromatic N) is 2. The van der Waals surface area contributed by atoms with Gasteiger partial charge in [-0.2, -0.15) is 0 Å². The molecule has 1 aromatic heterocycles. The molecule has 0 aliphatic carbocycles. The van der Waals surface area contributed by atoms with Gasteiger partial charge in [0.15, 0.2) is 5.75 Å². The number of hydrogen-bond donors (Lipinski definition) is 1. The number of hydrogen-bond acceptors (Lipinski definition) is 3. The van der Waals surface area contributed by atoms with Gasteiger partial charge >= 0.3 is 0 Å². The van der Waals surface area contributed by atoms with Crippen molar-refractivity contribution in [1.29, 1.82) is 0 Å². The van der Waals surface area contributed by atoms with Gasteiger partial charge in [-0.05, 0) is 32.0 Å². The molecule has 24 heavy (non-hydrogen) atoms. The second kappa shape index (κ2) is 8.69. The first-order valence-corrected chi connectivity index (χ1v) is 8.78. The van der Waals surface area contributed by atoms with Crippen molar-refractivity contribution in [3.8, 4) is 5.75 Å². The highest BCUT2D eigenvalue weighted by Gasteiger charge is 2.15. The lowest BCUT2D eigenvalue weighted by molar-refractivity contribution is 0.265. The summed E-state index contributed by atoms with van der Waals surface area (Å²) >= 11 is 0. The van der Waals surface area contributed by atoms with Crippen molar-refractivity contribution in [3.05, 3.63) is 64.1 Å². The number of aromatic hydroxyl groups is 1. The first-order valence-electron chi connectivity index (χ1n) is 8.78. The smallest absolute Gasteiger partial charge is 0.223 e. The third kappa shape index (κ3) is 4.48. The van der Waals surface area contributed by atoms with E-state index in [0.29, 0.717) is 6.54 Å². The van der Waals surface area contributed by atoms with Gasteiger partial charge in [0.25, 0.3) is 0 Å². The van der Waals surface area contributed by atoms with Gasteiger partial charge in [0.05, 0.1) is 12.2 Å². The molecular weight excluding hydrogens is 300 g/mol. The van der Waals surface area contributed by atoms with Crippen LogP contribution in [0.25, 0.3) is 0 Å². The Kier molecular flexibility index (Phi) is 6.62. The molecule has 1 heterocycles. The molecule has 130 valence electrons. The van der Waals surface area contributed by atoms with Gasteiger partial charge in [0.1, 0.15) is 0 Å². The van der Waals surface area contributed by atoms with Crippen LogP contribution < -0.4 is 5.43 Å². The fraction of sp³-hybridized carbons (Fsp3) is 0.450. The second-order valence-corrected chi connectivity index (χ2v) is 6.23. The molecular formula is C20H28N2O2. The topological polar surface area (TPSA) is 45.5 Å². The standard InChI is InChI=1S/C20H28N2O2/c1-4-6-12-21(5-2)14-18-13-19(23)20(24)15-22(18)16(3)17-10-8-7-9-11-17/h7-11,13,15-16,24H,4-6,12,14H2,1-3H3. The predicted octanol–water partition coefficient (Wildman–Crippen LogP) is 3.79. The molecule has 4 nitrogen and oxygen atoms in total. The molecule has 2 rings (SSSR count). The Balaban J connectivity index is 2.36. The summed E-state index contributed by atoms with van der Waals surface area (Å²) in [6.07, 6.45) is 3.87. The van der Waals surface area contributed by atoms with Crippen LogP contribution in [0, 0.1) is 0 Å². The first-order chi connectivity index (χ1) is 11.6. The SMILES string of the molecule is CCCCN(CC)Cc1cc(=O)c(O)cn1C(C)c1ccccc1. The minimum Gasteiger partial charge on any atom is -0.503 e. The van der Waals surface area contributed by atoms with Gasteiger partial charge in [0.2, 0.25) is 5.43 Å². The molecule has 0 fully saturated rings. The molecule has 1 N–H and O–H groups in total. The lowest BCUT2D eigenvalue weighted by Gasteiger charge is -2.26. The van der Waals surface area contributed by atoms with Crippen LogP contribution in [-0.4, -0.2) is 27.7 Å². The van der Waals surface area contributed by atoms with Crippen molar-refractivity contribution in [3.63, 3.8) is 0 Å². The van der Waals surface area contributed by atoms with E-state index in [0.717, 1.165) is 37.2 Å². The highest BCUT2D eigenvalue weighted by molar-refractivity contribution is 5.25. The molecule has 0 saturated heterocycles. The van der Waals surface area contributed by atoms with Gasteiger partial charge < -0.3 is 9.67 Å². The number of benzene rings is 1. The van der Waals surface area contributed by atoms with Crippen molar-refractivity contribution in [2.24, 2.45) is 0 Å². The van der Waals surface area contributed by atoms with E-state index in [-0.39, 0.29) is 17.2 Å². The molecule has 2 aromatic rings. The van der Waals surface area contributed by atoms with Crippen LogP contribution in [0.4, 0.5) is 0 Å². The van der Waals surface area contributed by atoms with Crippen molar-refractivity contribution >= 4 is 0 Å². The van der Waals surface area contributed by atoms with E-state index < -0.39 is 0 Å². The van der Waals surface area contributed by atoms with Crippen molar-refractivity contribution in [2.45, 2.75) is 46.2 Å². The zero-order valence-corrected chi connectivity index (χ0v) is 14.9. The summed E-state index contributed by atoms with van der Waals surface area (Å²) in [5.74, 6) is -0.196. The molecule has 1 atom stereocenters. The molecule has 0 aliphatic heterocycles. The van der Waals surface area contributed by atoms with Gasteiger partial charge in [-0.1, -0.05) is 50.6 Å². The minimum atomic E-state index is -0.312. The Labute approximate surface area is 144 Å². The van der Waals surface area contributed by atoms with Gasteiger partial charge in [-0.15, -0.1) is 0 Å². The van der Waals surface area contributed by atoms with Crippen LogP contribution in [-0.2, 0) is 6.54 Å². The second-order valence-electron chi connectivity index (χ2n) is 6.23. The summed E-state index contributed by atoms with van der Waals surface area (Å²) in [7, 11) is 0. The van der Waals surface area contributed by atoms with E-state index in [1.165, 1.54) is 0 Å². The molecule has 0 amide bonds. The quantitative estimate of drug-likeness (QED) is 0.802. The summed E-state index contributed by atoms with van der Waals surface area (Å²) in [6, 6.07) is 11.8. The number of aromatic nitrogens is 1. The molecule has 0 saturated carbocycles. The van der Waals surface area contributed by atoms with Crippen molar-refractivity contribution in [2.75, 3.05) is 13.1 Å². The Morgan fingerprint density at radius 2 is 1.92 bits per heavy atom. The van der Waals surface area contributed by atoms with Crippen molar-refractivity contribution in [1.82, 2.24) is 9.47 Å². The molecule has 1 aromatic carbocycles. The van der Waals surface area contributed by atoms with Crippen LogP contribution in [0.5, 0.6) is 5.75 Å². The number of pyridine rings is 1. The van der Waals surface area contributed by atoms with Crippen LogP contribution >= 0.6 is 0 Å². The highest BCUT2D eigenvalue weighted by atomic mass is 16.3.